The molecule has 8 heteroatoms. The fourth-order valence-electron chi connectivity index (χ4n) is 2.51. The quantitative estimate of drug-likeness (QED) is 0.751. The number of aliphatic hydroxyl groups is 2. The van der Waals surface area contributed by atoms with E-state index in [4.69, 9.17) is 19.3 Å². The molecule has 0 saturated carbocycles. The molecule has 1 aromatic carbocycles. The van der Waals surface area contributed by atoms with Gasteiger partial charge in [0.1, 0.15) is 5.37 Å². The standard InChI is InChI=1S/C15H21NO6S/c1-20-11-5-4-10(13(21-2)14(11)22-3)15-16(6-9(18)7-17)12(19)8-23-15/h4-5,9,15,17-18H,6-8H2,1-3H3/t9-,15?/m0/s1. The van der Waals surface area contributed by atoms with Crippen LogP contribution >= 0.6 is 11.8 Å². The summed E-state index contributed by atoms with van der Waals surface area (Å²) in [6.07, 6.45) is -0.980. The Kier molecular flexibility index (Phi) is 5.97. The predicted molar refractivity (Wildman–Crippen MR) is 86.1 cm³/mol. The summed E-state index contributed by atoms with van der Waals surface area (Å²) < 4.78 is 16.1. The number of carbonyl (C=O) groups excluding carboxylic acids is 1. The molecule has 1 heterocycles. The van der Waals surface area contributed by atoms with Crippen molar-refractivity contribution in [2.45, 2.75) is 11.5 Å². The zero-order valence-electron chi connectivity index (χ0n) is 13.3. The van der Waals surface area contributed by atoms with Crippen LogP contribution in [0.15, 0.2) is 12.1 Å². The molecular weight excluding hydrogens is 322 g/mol. The highest BCUT2D eigenvalue weighted by atomic mass is 32.2. The maximum atomic E-state index is 12.1. The van der Waals surface area contributed by atoms with Crippen LogP contribution in [0.25, 0.3) is 0 Å². The van der Waals surface area contributed by atoms with Gasteiger partial charge in [0, 0.05) is 5.56 Å². The summed E-state index contributed by atoms with van der Waals surface area (Å²) >= 11 is 1.43. The second-order valence-corrected chi connectivity index (χ2v) is 6.04. The first-order chi connectivity index (χ1) is 11.1. The molecule has 0 radical (unpaired) electrons. The number of ether oxygens (including phenoxy) is 3. The molecule has 1 fully saturated rings. The van der Waals surface area contributed by atoms with E-state index >= 15 is 0 Å². The van der Waals surface area contributed by atoms with Crippen LogP contribution in [-0.2, 0) is 4.79 Å². The van der Waals surface area contributed by atoms with Crippen molar-refractivity contribution >= 4 is 17.7 Å². The highest BCUT2D eigenvalue weighted by molar-refractivity contribution is 8.00. The van der Waals surface area contributed by atoms with Gasteiger partial charge in [-0.25, -0.2) is 0 Å². The van der Waals surface area contributed by atoms with Gasteiger partial charge in [0.05, 0.1) is 46.3 Å². The number of thioether (sulfide) groups is 1. The van der Waals surface area contributed by atoms with Crippen molar-refractivity contribution in [3.8, 4) is 17.2 Å². The molecule has 128 valence electrons. The minimum absolute atomic E-state index is 0.0600. The summed E-state index contributed by atoms with van der Waals surface area (Å²) in [6, 6.07) is 3.56. The zero-order valence-corrected chi connectivity index (χ0v) is 14.1. The van der Waals surface area contributed by atoms with E-state index in [9.17, 15) is 9.90 Å². The molecule has 2 N–H and O–H groups in total. The third-order valence-electron chi connectivity index (χ3n) is 3.59. The Morgan fingerprint density at radius 1 is 1.26 bits per heavy atom. The van der Waals surface area contributed by atoms with Crippen LogP contribution in [-0.4, -0.2) is 67.4 Å². The molecule has 1 aliphatic heterocycles. The van der Waals surface area contributed by atoms with Gasteiger partial charge in [-0.05, 0) is 12.1 Å². The lowest BCUT2D eigenvalue weighted by Gasteiger charge is -2.27. The van der Waals surface area contributed by atoms with Crippen molar-refractivity contribution in [3.63, 3.8) is 0 Å². The molecule has 23 heavy (non-hydrogen) atoms. The normalized spacial score (nSPS) is 18.9. The number of amides is 1. The van der Waals surface area contributed by atoms with E-state index in [0.29, 0.717) is 23.0 Å². The van der Waals surface area contributed by atoms with Gasteiger partial charge in [0.25, 0.3) is 0 Å². The Hall–Kier alpha value is -1.64. The van der Waals surface area contributed by atoms with Crippen molar-refractivity contribution in [3.05, 3.63) is 17.7 Å². The number of aliphatic hydroxyl groups excluding tert-OH is 2. The van der Waals surface area contributed by atoms with Crippen molar-refractivity contribution < 1.29 is 29.2 Å². The van der Waals surface area contributed by atoms with E-state index in [0.717, 1.165) is 5.56 Å². The number of hydrogen-bond donors (Lipinski definition) is 2. The van der Waals surface area contributed by atoms with Gasteiger partial charge < -0.3 is 29.3 Å². The van der Waals surface area contributed by atoms with E-state index in [-0.39, 0.29) is 17.8 Å². The van der Waals surface area contributed by atoms with Crippen LogP contribution in [0.3, 0.4) is 0 Å². The third kappa shape index (κ3) is 3.49. The van der Waals surface area contributed by atoms with Crippen LogP contribution in [0.4, 0.5) is 0 Å². The summed E-state index contributed by atoms with van der Waals surface area (Å²) in [5.74, 6) is 1.69. The Morgan fingerprint density at radius 3 is 2.52 bits per heavy atom. The van der Waals surface area contributed by atoms with Crippen LogP contribution in [0.2, 0.25) is 0 Å². The molecule has 1 unspecified atom stereocenters. The van der Waals surface area contributed by atoms with Gasteiger partial charge in [-0.2, -0.15) is 0 Å². The Bertz CT molecular complexity index is 567. The fraction of sp³-hybridized carbons (Fsp3) is 0.533. The number of β-amino-alcohol motifs (C(OH)–C–C–N with tert-alkyl or cyclic N) is 1. The van der Waals surface area contributed by atoms with Gasteiger partial charge in [0.2, 0.25) is 11.7 Å². The Balaban J connectivity index is 2.41. The molecule has 1 amide bonds. The molecule has 1 aliphatic rings. The monoisotopic (exact) mass is 343 g/mol. The van der Waals surface area contributed by atoms with Gasteiger partial charge in [0.15, 0.2) is 11.5 Å². The van der Waals surface area contributed by atoms with Gasteiger partial charge in [-0.3, -0.25) is 4.79 Å². The molecule has 0 bridgehead atoms. The highest BCUT2D eigenvalue weighted by Crippen LogP contribution is 2.48. The molecule has 2 atom stereocenters. The minimum atomic E-state index is -0.980. The molecule has 0 spiro atoms. The molecular formula is C15H21NO6S. The molecule has 0 aliphatic carbocycles. The first kappa shape index (κ1) is 17.7. The molecule has 1 saturated heterocycles. The Labute approximate surface area is 139 Å². The number of methoxy groups -OCH3 is 3. The third-order valence-corrected chi connectivity index (χ3v) is 4.82. The summed E-state index contributed by atoms with van der Waals surface area (Å²) in [7, 11) is 4.58. The molecule has 2 rings (SSSR count). The number of hydrogen-bond acceptors (Lipinski definition) is 7. The molecule has 7 nitrogen and oxygen atoms in total. The number of benzene rings is 1. The lowest BCUT2D eigenvalue weighted by molar-refractivity contribution is -0.129. The average Bonchev–Trinajstić information content (AvgIpc) is 2.93. The summed E-state index contributed by atoms with van der Waals surface area (Å²) in [5, 5.41) is 18.4. The first-order valence-electron chi connectivity index (χ1n) is 7.06. The van der Waals surface area contributed by atoms with Crippen LogP contribution in [0.1, 0.15) is 10.9 Å². The number of carbonyl (C=O) groups is 1. The first-order valence-corrected chi connectivity index (χ1v) is 8.11. The number of nitrogens with zero attached hydrogens (tertiary/aromatic N) is 1. The lowest BCUT2D eigenvalue weighted by atomic mass is 10.1. The van der Waals surface area contributed by atoms with Crippen LogP contribution in [0, 0.1) is 0 Å². The second kappa shape index (κ2) is 7.76. The van der Waals surface area contributed by atoms with Gasteiger partial charge in [-0.15, -0.1) is 11.8 Å². The van der Waals surface area contributed by atoms with E-state index in [1.165, 1.54) is 38.0 Å². The van der Waals surface area contributed by atoms with Crippen molar-refractivity contribution in [2.75, 3.05) is 40.2 Å². The van der Waals surface area contributed by atoms with E-state index < -0.39 is 12.7 Å². The molecule has 0 aromatic heterocycles. The topological polar surface area (TPSA) is 88.5 Å². The van der Waals surface area contributed by atoms with Crippen molar-refractivity contribution in [1.29, 1.82) is 0 Å². The van der Waals surface area contributed by atoms with Gasteiger partial charge >= 0.3 is 0 Å². The number of rotatable bonds is 7. The maximum absolute atomic E-state index is 12.1. The molecule has 1 aromatic rings. The maximum Gasteiger partial charge on any atom is 0.233 e. The van der Waals surface area contributed by atoms with Crippen molar-refractivity contribution in [1.82, 2.24) is 4.90 Å². The van der Waals surface area contributed by atoms with E-state index in [1.807, 2.05) is 6.07 Å². The minimum Gasteiger partial charge on any atom is -0.493 e. The second-order valence-electron chi connectivity index (χ2n) is 4.97. The highest BCUT2D eigenvalue weighted by Gasteiger charge is 2.36. The van der Waals surface area contributed by atoms with E-state index in [1.54, 1.807) is 6.07 Å². The van der Waals surface area contributed by atoms with Crippen molar-refractivity contribution in [2.24, 2.45) is 0 Å². The average molecular weight is 343 g/mol. The largest absolute Gasteiger partial charge is 0.493 e. The van der Waals surface area contributed by atoms with Crippen LogP contribution in [0.5, 0.6) is 17.2 Å². The Morgan fingerprint density at radius 2 is 1.96 bits per heavy atom. The zero-order chi connectivity index (χ0) is 17.0. The van der Waals surface area contributed by atoms with Gasteiger partial charge in [-0.1, -0.05) is 0 Å². The summed E-state index contributed by atoms with van der Waals surface area (Å²) in [6.45, 7) is -0.339. The fourth-order valence-corrected chi connectivity index (χ4v) is 3.73. The van der Waals surface area contributed by atoms with E-state index in [2.05, 4.69) is 0 Å². The summed E-state index contributed by atoms with van der Waals surface area (Å²) in [4.78, 5) is 13.6. The smallest absolute Gasteiger partial charge is 0.233 e. The predicted octanol–water partition coefficient (Wildman–Crippen LogP) is 0.640. The van der Waals surface area contributed by atoms with Crippen LogP contribution < -0.4 is 14.2 Å². The lowest BCUT2D eigenvalue weighted by Crippen LogP contribution is -2.37. The summed E-state index contributed by atoms with van der Waals surface area (Å²) in [5.41, 5.74) is 0.756. The SMILES string of the molecule is COc1ccc(C2SCC(=O)N2C[C@H](O)CO)c(OC)c1OC.